The average Bonchev–Trinajstić information content (AvgIpc) is 2.48. The topological polar surface area (TPSA) is 41.1 Å². The Balaban J connectivity index is 2.07. The van der Waals surface area contributed by atoms with Gasteiger partial charge in [0.05, 0.1) is 11.5 Å². The first kappa shape index (κ1) is 16.0. The van der Waals surface area contributed by atoms with Gasteiger partial charge in [-0.05, 0) is 57.0 Å². The molecule has 1 aliphatic rings. The van der Waals surface area contributed by atoms with Crippen LogP contribution in [0.25, 0.3) is 0 Å². The highest BCUT2D eigenvalue weighted by Crippen LogP contribution is 2.35. The van der Waals surface area contributed by atoms with Crippen molar-refractivity contribution < 1.29 is 9.18 Å². The molecule has 1 aromatic carbocycles. The molecule has 116 valence electrons. The number of rotatable bonds is 5. The highest BCUT2D eigenvalue weighted by Gasteiger charge is 2.38. The van der Waals surface area contributed by atoms with E-state index in [0.29, 0.717) is 0 Å². The van der Waals surface area contributed by atoms with Crippen molar-refractivity contribution in [3.63, 3.8) is 0 Å². The van der Waals surface area contributed by atoms with E-state index in [1.54, 1.807) is 6.07 Å². The molecule has 3 nitrogen and oxygen atoms in total. The number of nitrogens with one attached hydrogen (secondary N) is 2. The smallest absolute Gasteiger partial charge is 0.226 e. The lowest BCUT2D eigenvalue weighted by atomic mass is 9.74. The highest BCUT2D eigenvalue weighted by atomic mass is 19.1. The van der Waals surface area contributed by atoms with Crippen LogP contribution in [0.1, 0.15) is 51.1 Å². The van der Waals surface area contributed by atoms with E-state index in [2.05, 4.69) is 17.6 Å². The molecule has 0 saturated carbocycles. The molecule has 1 saturated heterocycles. The van der Waals surface area contributed by atoms with E-state index in [1.165, 1.54) is 12.1 Å². The molecule has 1 heterocycles. The SMILES string of the molecule is CCCC1(C(=O)N[C@@H](C)c2cccc(F)c2)CCNCC1. The minimum Gasteiger partial charge on any atom is -0.349 e. The standard InChI is InChI=1S/C17H25FN2O/c1-3-7-17(8-10-19-11-9-17)16(21)20-13(2)14-5-4-6-15(18)12-14/h4-6,12-13,19H,3,7-11H2,1-2H3,(H,20,21)/t13-/m0/s1. The Hall–Kier alpha value is -1.42. The molecular formula is C17H25FN2O. The van der Waals surface area contributed by atoms with Crippen LogP contribution in [-0.2, 0) is 4.79 Å². The first-order valence-electron chi connectivity index (χ1n) is 7.84. The highest BCUT2D eigenvalue weighted by molar-refractivity contribution is 5.83. The molecular weight excluding hydrogens is 267 g/mol. The van der Waals surface area contributed by atoms with E-state index in [0.717, 1.165) is 44.3 Å². The summed E-state index contributed by atoms with van der Waals surface area (Å²) >= 11 is 0. The summed E-state index contributed by atoms with van der Waals surface area (Å²) in [4.78, 5) is 12.7. The fourth-order valence-corrected chi connectivity index (χ4v) is 3.18. The maximum Gasteiger partial charge on any atom is 0.226 e. The zero-order chi connectivity index (χ0) is 15.3. The van der Waals surface area contributed by atoms with Gasteiger partial charge in [0.2, 0.25) is 5.91 Å². The Morgan fingerprint density at radius 1 is 1.43 bits per heavy atom. The molecule has 1 fully saturated rings. The van der Waals surface area contributed by atoms with Crippen molar-refractivity contribution in [2.75, 3.05) is 13.1 Å². The Bertz CT molecular complexity index is 478. The normalized spacial score (nSPS) is 19.0. The molecule has 2 rings (SSSR count). The number of benzene rings is 1. The van der Waals surface area contributed by atoms with Crippen molar-refractivity contribution in [3.05, 3.63) is 35.6 Å². The molecule has 1 amide bonds. The summed E-state index contributed by atoms with van der Waals surface area (Å²) in [7, 11) is 0. The zero-order valence-electron chi connectivity index (χ0n) is 12.9. The summed E-state index contributed by atoms with van der Waals surface area (Å²) in [5.74, 6) is -0.152. The summed E-state index contributed by atoms with van der Waals surface area (Å²) < 4.78 is 13.3. The number of hydrogen-bond donors (Lipinski definition) is 2. The third-order valence-corrected chi connectivity index (χ3v) is 4.47. The van der Waals surface area contributed by atoms with Crippen molar-refractivity contribution in [2.45, 2.75) is 45.6 Å². The van der Waals surface area contributed by atoms with E-state index in [4.69, 9.17) is 0 Å². The van der Waals surface area contributed by atoms with Crippen LogP contribution in [0.3, 0.4) is 0 Å². The largest absolute Gasteiger partial charge is 0.349 e. The first-order valence-corrected chi connectivity index (χ1v) is 7.84. The zero-order valence-corrected chi connectivity index (χ0v) is 12.9. The van der Waals surface area contributed by atoms with Crippen LogP contribution in [0.4, 0.5) is 4.39 Å². The monoisotopic (exact) mass is 292 g/mol. The Morgan fingerprint density at radius 3 is 2.76 bits per heavy atom. The van der Waals surface area contributed by atoms with E-state index >= 15 is 0 Å². The molecule has 0 spiro atoms. The van der Waals surface area contributed by atoms with E-state index in [9.17, 15) is 9.18 Å². The molecule has 0 aliphatic carbocycles. The quantitative estimate of drug-likeness (QED) is 0.875. The average molecular weight is 292 g/mol. The third-order valence-electron chi connectivity index (χ3n) is 4.47. The maximum absolute atomic E-state index is 13.3. The minimum absolute atomic E-state index is 0.114. The maximum atomic E-state index is 13.3. The van der Waals surface area contributed by atoms with Crippen molar-refractivity contribution in [1.29, 1.82) is 0 Å². The molecule has 2 N–H and O–H groups in total. The number of amides is 1. The summed E-state index contributed by atoms with van der Waals surface area (Å²) in [6.07, 6.45) is 3.67. The van der Waals surface area contributed by atoms with Crippen LogP contribution < -0.4 is 10.6 Å². The molecule has 0 unspecified atom stereocenters. The van der Waals surface area contributed by atoms with Gasteiger partial charge in [0.1, 0.15) is 5.82 Å². The van der Waals surface area contributed by atoms with Crippen molar-refractivity contribution in [1.82, 2.24) is 10.6 Å². The van der Waals surface area contributed by atoms with Gasteiger partial charge in [-0.25, -0.2) is 4.39 Å². The minimum atomic E-state index is -0.265. The second kappa shape index (κ2) is 7.03. The molecule has 0 bridgehead atoms. The molecule has 4 heteroatoms. The molecule has 0 aromatic heterocycles. The van der Waals surface area contributed by atoms with E-state index in [-0.39, 0.29) is 23.2 Å². The van der Waals surface area contributed by atoms with Crippen molar-refractivity contribution >= 4 is 5.91 Å². The number of piperidine rings is 1. The Kier molecular flexibility index (Phi) is 5.34. The predicted molar refractivity (Wildman–Crippen MR) is 82.4 cm³/mol. The van der Waals surface area contributed by atoms with Gasteiger partial charge in [-0.2, -0.15) is 0 Å². The van der Waals surface area contributed by atoms with E-state index < -0.39 is 0 Å². The van der Waals surface area contributed by atoms with Crippen molar-refractivity contribution in [2.24, 2.45) is 5.41 Å². The summed E-state index contributed by atoms with van der Waals surface area (Å²) in [6, 6.07) is 6.27. The molecule has 1 aliphatic heterocycles. The van der Waals surface area contributed by atoms with Crippen LogP contribution in [0.5, 0.6) is 0 Å². The van der Waals surface area contributed by atoms with Gasteiger partial charge in [-0.3, -0.25) is 4.79 Å². The second-order valence-corrected chi connectivity index (χ2v) is 6.03. The summed E-state index contributed by atoms with van der Waals surface area (Å²) in [5.41, 5.74) is 0.547. The first-order chi connectivity index (χ1) is 10.1. The van der Waals surface area contributed by atoms with Crippen molar-refractivity contribution in [3.8, 4) is 0 Å². The Labute approximate surface area is 126 Å². The summed E-state index contributed by atoms with van der Waals surface area (Å²) in [6.45, 7) is 5.81. The predicted octanol–water partition coefficient (Wildman–Crippen LogP) is 3.17. The molecule has 1 atom stereocenters. The van der Waals surface area contributed by atoms with Gasteiger partial charge < -0.3 is 10.6 Å². The number of carbonyl (C=O) groups excluding carboxylic acids is 1. The lowest BCUT2D eigenvalue weighted by Gasteiger charge is -2.37. The van der Waals surface area contributed by atoms with Crippen LogP contribution in [0, 0.1) is 11.2 Å². The van der Waals surface area contributed by atoms with Crippen LogP contribution in [-0.4, -0.2) is 19.0 Å². The molecule has 1 aromatic rings. The lowest BCUT2D eigenvalue weighted by molar-refractivity contribution is -0.133. The fraction of sp³-hybridized carbons (Fsp3) is 0.588. The second-order valence-electron chi connectivity index (χ2n) is 6.03. The van der Waals surface area contributed by atoms with Gasteiger partial charge in [-0.15, -0.1) is 0 Å². The van der Waals surface area contributed by atoms with Crippen LogP contribution >= 0.6 is 0 Å². The van der Waals surface area contributed by atoms with Gasteiger partial charge in [0, 0.05) is 0 Å². The van der Waals surface area contributed by atoms with E-state index in [1.807, 2.05) is 13.0 Å². The lowest BCUT2D eigenvalue weighted by Crippen LogP contribution is -2.48. The fourth-order valence-electron chi connectivity index (χ4n) is 3.18. The summed E-state index contributed by atoms with van der Waals surface area (Å²) in [5, 5.41) is 6.40. The number of hydrogen-bond acceptors (Lipinski definition) is 2. The van der Waals surface area contributed by atoms with Gasteiger partial charge in [0.15, 0.2) is 0 Å². The van der Waals surface area contributed by atoms with Crippen LogP contribution in [0.15, 0.2) is 24.3 Å². The molecule has 21 heavy (non-hydrogen) atoms. The van der Waals surface area contributed by atoms with Gasteiger partial charge >= 0.3 is 0 Å². The third kappa shape index (κ3) is 3.82. The number of carbonyl (C=O) groups is 1. The Morgan fingerprint density at radius 2 is 2.14 bits per heavy atom. The molecule has 0 radical (unpaired) electrons. The van der Waals surface area contributed by atoms with Crippen LogP contribution in [0.2, 0.25) is 0 Å². The number of halogens is 1. The van der Waals surface area contributed by atoms with Gasteiger partial charge in [0.25, 0.3) is 0 Å². The van der Waals surface area contributed by atoms with Gasteiger partial charge in [-0.1, -0.05) is 25.5 Å².